The Morgan fingerprint density at radius 2 is 1.60 bits per heavy atom. The minimum atomic E-state index is -0.151. The van der Waals surface area contributed by atoms with E-state index in [2.05, 4.69) is 89.2 Å². The Morgan fingerprint density at radius 3 is 2.29 bits per heavy atom. The number of benzene rings is 4. The third-order valence-corrected chi connectivity index (χ3v) is 8.75. The van der Waals surface area contributed by atoms with Crippen molar-refractivity contribution in [1.82, 2.24) is 0 Å². The van der Waals surface area contributed by atoms with Crippen LogP contribution in [0.5, 0.6) is 5.75 Å². The third-order valence-electron chi connectivity index (χ3n) is 8.75. The van der Waals surface area contributed by atoms with Crippen molar-refractivity contribution in [2.24, 2.45) is 10.8 Å². The van der Waals surface area contributed by atoms with Crippen molar-refractivity contribution in [2.45, 2.75) is 65.2 Å². The molecule has 6 rings (SSSR count). The number of aromatic hydroxyl groups is 1. The van der Waals surface area contributed by atoms with Crippen molar-refractivity contribution in [2.75, 3.05) is 0 Å². The fraction of sp³-hybridized carbons (Fsp3) is 0.364. The van der Waals surface area contributed by atoms with Crippen LogP contribution >= 0.6 is 0 Å². The van der Waals surface area contributed by atoms with Crippen molar-refractivity contribution < 1.29 is 5.11 Å². The molecule has 0 saturated carbocycles. The van der Waals surface area contributed by atoms with Crippen molar-refractivity contribution in [3.8, 4) is 11.8 Å². The first-order valence-corrected chi connectivity index (χ1v) is 12.8. The molecular formula is C33H33NO. The van der Waals surface area contributed by atoms with Crippen LogP contribution in [0.1, 0.15) is 80.2 Å². The minimum Gasteiger partial charge on any atom is -0.508 e. The van der Waals surface area contributed by atoms with Crippen LogP contribution in [0, 0.1) is 22.2 Å². The maximum atomic E-state index is 10.7. The Labute approximate surface area is 208 Å². The second-order valence-electron chi connectivity index (χ2n) is 12.5. The molecule has 0 saturated heterocycles. The molecule has 2 aliphatic carbocycles. The Bertz CT molecular complexity index is 1540. The zero-order valence-corrected chi connectivity index (χ0v) is 21.3. The molecule has 2 nitrogen and oxygen atoms in total. The SMILES string of the molecule is CC(C)(C)C1Cc2ccc(CC(C)(C)C3c4cccc5cccc(c45)C3C#N)c3cc(O)cc1c23. The lowest BCUT2D eigenvalue weighted by atomic mass is 9.67. The van der Waals surface area contributed by atoms with Gasteiger partial charge in [-0.15, -0.1) is 0 Å². The van der Waals surface area contributed by atoms with E-state index in [1.165, 1.54) is 49.4 Å². The first-order chi connectivity index (χ1) is 16.6. The van der Waals surface area contributed by atoms with Crippen LogP contribution in [-0.2, 0) is 12.8 Å². The zero-order chi connectivity index (χ0) is 24.7. The summed E-state index contributed by atoms with van der Waals surface area (Å²) >= 11 is 0. The maximum Gasteiger partial charge on any atom is 0.116 e. The Morgan fingerprint density at radius 1 is 0.886 bits per heavy atom. The molecule has 0 aromatic heterocycles. The molecule has 3 atom stereocenters. The molecule has 0 heterocycles. The molecule has 0 fully saturated rings. The molecule has 3 unspecified atom stereocenters. The lowest BCUT2D eigenvalue weighted by Gasteiger charge is -2.35. The van der Waals surface area contributed by atoms with Crippen LogP contribution in [0.25, 0.3) is 21.5 Å². The van der Waals surface area contributed by atoms with Crippen molar-refractivity contribution >= 4 is 21.5 Å². The van der Waals surface area contributed by atoms with Gasteiger partial charge in [0.05, 0.1) is 12.0 Å². The van der Waals surface area contributed by atoms with E-state index in [0.29, 0.717) is 11.7 Å². The van der Waals surface area contributed by atoms with Gasteiger partial charge < -0.3 is 5.11 Å². The minimum absolute atomic E-state index is 0.118. The van der Waals surface area contributed by atoms with Crippen LogP contribution in [-0.4, -0.2) is 5.11 Å². The highest BCUT2D eigenvalue weighted by atomic mass is 16.3. The summed E-state index contributed by atoms with van der Waals surface area (Å²) in [5.41, 5.74) is 6.40. The van der Waals surface area contributed by atoms with E-state index in [1.54, 1.807) is 0 Å². The van der Waals surface area contributed by atoms with Gasteiger partial charge in [-0.2, -0.15) is 5.26 Å². The lowest BCUT2D eigenvalue weighted by molar-refractivity contribution is 0.274. The molecule has 4 aromatic rings. The van der Waals surface area contributed by atoms with E-state index in [4.69, 9.17) is 0 Å². The second kappa shape index (κ2) is 7.34. The molecule has 0 radical (unpaired) electrons. The summed E-state index contributed by atoms with van der Waals surface area (Å²) in [7, 11) is 0. The quantitative estimate of drug-likeness (QED) is 0.334. The molecule has 0 spiro atoms. The van der Waals surface area contributed by atoms with Gasteiger partial charge in [0.15, 0.2) is 0 Å². The lowest BCUT2D eigenvalue weighted by Crippen LogP contribution is -2.27. The Kier molecular flexibility index (Phi) is 4.65. The van der Waals surface area contributed by atoms with E-state index >= 15 is 0 Å². The predicted molar refractivity (Wildman–Crippen MR) is 144 cm³/mol. The normalized spacial score (nSPS) is 21.1. The van der Waals surface area contributed by atoms with Crippen LogP contribution < -0.4 is 0 Å². The molecule has 1 N–H and O–H groups in total. The van der Waals surface area contributed by atoms with Gasteiger partial charge in [-0.1, -0.05) is 83.1 Å². The van der Waals surface area contributed by atoms with Gasteiger partial charge in [0, 0.05) is 5.92 Å². The molecule has 0 amide bonds. The molecule has 0 bridgehead atoms. The molecule has 2 heteroatoms. The van der Waals surface area contributed by atoms with Gasteiger partial charge in [0.2, 0.25) is 0 Å². The number of phenols is 1. The third kappa shape index (κ3) is 3.21. The molecular weight excluding hydrogens is 426 g/mol. The Hall–Kier alpha value is -3.31. The summed E-state index contributed by atoms with van der Waals surface area (Å²) in [4.78, 5) is 0. The van der Waals surface area contributed by atoms with Crippen molar-refractivity contribution in [3.63, 3.8) is 0 Å². The number of hydrogen-bond acceptors (Lipinski definition) is 2. The van der Waals surface area contributed by atoms with Gasteiger partial charge in [-0.05, 0) is 91.1 Å². The standard InChI is InChI=1S/C33H33NO/c1-32(2,3)28-14-20-12-13-21(25-15-22(35)16-26(28)30(20)25)17-33(4,5)31-24-11-7-9-19-8-6-10-23(29(19)24)27(31)18-34/h6-13,15-16,27-28,31,35H,14,17H2,1-5H3. The number of hydrogen-bond donors (Lipinski definition) is 1. The first-order valence-electron chi connectivity index (χ1n) is 12.8. The van der Waals surface area contributed by atoms with E-state index in [-0.39, 0.29) is 22.7 Å². The van der Waals surface area contributed by atoms with Crippen LogP contribution in [0.15, 0.2) is 60.7 Å². The van der Waals surface area contributed by atoms with Gasteiger partial charge in [0.25, 0.3) is 0 Å². The van der Waals surface area contributed by atoms with Gasteiger partial charge in [-0.3, -0.25) is 0 Å². The van der Waals surface area contributed by atoms with Crippen LogP contribution in [0.4, 0.5) is 0 Å². The number of nitrogens with zero attached hydrogens (tertiary/aromatic N) is 1. The second-order valence-corrected chi connectivity index (χ2v) is 12.5. The van der Waals surface area contributed by atoms with Gasteiger partial charge in [0.1, 0.15) is 5.75 Å². The summed E-state index contributed by atoms with van der Waals surface area (Å²) in [5.74, 6) is 0.724. The summed E-state index contributed by atoms with van der Waals surface area (Å²) in [5, 5.41) is 26.1. The van der Waals surface area contributed by atoms with Crippen molar-refractivity contribution in [3.05, 3.63) is 88.5 Å². The van der Waals surface area contributed by atoms with E-state index < -0.39 is 0 Å². The molecule has 176 valence electrons. The van der Waals surface area contributed by atoms with Gasteiger partial charge >= 0.3 is 0 Å². The highest BCUT2D eigenvalue weighted by molar-refractivity contribution is 5.96. The summed E-state index contributed by atoms with van der Waals surface area (Å²) in [6, 6.07) is 24.1. The highest BCUT2D eigenvalue weighted by Crippen LogP contribution is 2.56. The average molecular weight is 460 g/mol. The zero-order valence-electron chi connectivity index (χ0n) is 21.3. The smallest absolute Gasteiger partial charge is 0.116 e. The largest absolute Gasteiger partial charge is 0.508 e. The molecule has 35 heavy (non-hydrogen) atoms. The first kappa shape index (κ1) is 22.2. The number of rotatable bonds is 3. The Balaban J connectivity index is 1.48. The summed E-state index contributed by atoms with van der Waals surface area (Å²) < 4.78 is 0. The van der Waals surface area contributed by atoms with Gasteiger partial charge in [-0.25, -0.2) is 0 Å². The monoisotopic (exact) mass is 459 g/mol. The van der Waals surface area contributed by atoms with E-state index in [0.717, 1.165) is 12.8 Å². The van der Waals surface area contributed by atoms with Crippen LogP contribution in [0.2, 0.25) is 0 Å². The maximum absolute atomic E-state index is 10.7. The number of phenolic OH excluding ortho intramolecular Hbond substituents is 1. The average Bonchev–Trinajstić information content (AvgIpc) is 3.34. The fourth-order valence-corrected chi connectivity index (χ4v) is 7.23. The molecule has 4 aromatic carbocycles. The van der Waals surface area contributed by atoms with Crippen molar-refractivity contribution in [1.29, 1.82) is 5.26 Å². The molecule has 2 aliphatic rings. The molecule has 0 aliphatic heterocycles. The topological polar surface area (TPSA) is 44.0 Å². The van der Waals surface area contributed by atoms with E-state index in [9.17, 15) is 10.4 Å². The van der Waals surface area contributed by atoms with E-state index in [1.807, 2.05) is 12.1 Å². The predicted octanol–water partition coefficient (Wildman–Crippen LogP) is 8.36. The number of nitriles is 1. The summed E-state index contributed by atoms with van der Waals surface area (Å²) in [6.07, 6.45) is 1.87. The highest BCUT2D eigenvalue weighted by Gasteiger charge is 2.44. The van der Waals surface area contributed by atoms with Crippen LogP contribution in [0.3, 0.4) is 0 Å². The fourth-order valence-electron chi connectivity index (χ4n) is 7.23. The summed E-state index contributed by atoms with van der Waals surface area (Å²) in [6.45, 7) is 11.5.